The number of nitrogens with zero attached hydrogens (tertiary/aromatic N) is 1. The van der Waals surface area contributed by atoms with Crippen LogP contribution in [0.25, 0.3) is 0 Å². The van der Waals surface area contributed by atoms with Gasteiger partial charge in [0, 0.05) is 0 Å². The lowest BCUT2D eigenvalue weighted by Gasteiger charge is -2.38. The lowest BCUT2D eigenvalue weighted by atomic mass is 10.2. The minimum absolute atomic E-state index is 0.0577. The van der Waals surface area contributed by atoms with E-state index in [2.05, 4.69) is 45.4 Å². The molecule has 0 radical (unpaired) electrons. The largest absolute Gasteiger partial charge is 0.405 e. The van der Waals surface area contributed by atoms with E-state index in [9.17, 15) is 0 Å². The van der Waals surface area contributed by atoms with Gasteiger partial charge in [0.2, 0.25) is 0 Å². The van der Waals surface area contributed by atoms with Crippen molar-refractivity contribution in [3.8, 4) is 0 Å². The first kappa shape index (κ1) is 16.1. The van der Waals surface area contributed by atoms with E-state index in [0.29, 0.717) is 5.69 Å². The fourth-order valence-corrected chi connectivity index (χ4v) is 2.67. The van der Waals surface area contributed by atoms with Crippen LogP contribution in [0, 0.1) is 0 Å². The Morgan fingerprint density at radius 2 is 2.05 bits per heavy atom. The van der Waals surface area contributed by atoms with Gasteiger partial charge in [0.1, 0.15) is 6.10 Å². The lowest BCUT2D eigenvalue weighted by Crippen LogP contribution is -2.41. The molecule has 1 heterocycles. The van der Waals surface area contributed by atoms with Crippen LogP contribution >= 0.6 is 0 Å². The van der Waals surface area contributed by atoms with Crippen molar-refractivity contribution in [3.63, 3.8) is 0 Å². The van der Waals surface area contributed by atoms with Crippen molar-refractivity contribution in [1.82, 2.24) is 4.98 Å². The highest BCUT2D eigenvalue weighted by Crippen LogP contribution is 2.39. The SMILES string of the molecule is C=C[C@H](O[Si](C)(C)C(C)(C)C)c1cccc(CO)n1. The molecule has 1 atom stereocenters. The Morgan fingerprint density at radius 3 is 2.53 bits per heavy atom. The van der Waals surface area contributed by atoms with Crippen molar-refractivity contribution in [2.75, 3.05) is 0 Å². The normalized spacial score (nSPS) is 14.2. The zero-order chi connectivity index (χ0) is 14.7. The molecule has 4 heteroatoms. The van der Waals surface area contributed by atoms with Gasteiger partial charge in [-0.25, -0.2) is 0 Å². The molecule has 1 aromatic heterocycles. The van der Waals surface area contributed by atoms with Crippen LogP contribution in [0.2, 0.25) is 18.1 Å². The molecule has 0 bridgehead atoms. The van der Waals surface area contributed by atoms with E-state index in [-0.39, 0.29) is 17.7 Å². The summed E-state index contributed by atoms with van der Waals surface area (Å²) in [5, 5.41) is 9.30. The minimum Gasteiger partial charge on any atom is -0.405 e. The molecule has 0 saturated heterocycles. The molecule has 0 aliphatic rings. The van der Waals surface area contributed by atoms with Crippen molar-refractivity contribution in [1.29, 1.82) is 0 Å². The van der Waals surface area contributed by atoms with E-state index in [1.807, 2.05) is 12.1 Å². The molecule has 0 aliphatic carbocycles. The Bertz CT molecular complexity index is 438. The first-order valence-corrected chi connectivity index (χ1v) is 9.49. The molecular formula is C15H25NO2Si. The van der Waals surface area contributed by atoms with Gasteiger partial charge in [-0.15, -0.1) is 6.58 Å². The monoisotopic (exact) mass is 279 g/mol. The molecule has 1 aromatic rings. The predicted octanol–water partition coefficient (Wildman–Crippen LogP) is 3.82. The summed E-state index contributed by atoms with van der Waals surface area (Å²) >= 11 is 0. The van der Waals surface area contributed by atoms with Gasteiger partial charge >= 0.3 is 0 Å². The second-order valence-electron chi connectivity index (χ2n) is 6.25. The molecule has 1 N–H and O–H groups in total. The van der Waals surface area contributed by atoms with Crippen molar-refractivity contribution < 1.29 is 9.53 Å². The lowest BCUT2D eigenvalue weighted by molar-refractivity contribution is 0.223. The van der Waals surface area contributed by atoms with Crippen molar-refractivity contribution >= 4 is 8.32 Å². The fourth-order valence-electron chi connectivity index (χ4n) is 1.47. The van der Waals surface area contributed by atoms with E-state index >= 15 is 0 Å². The maximum atomic E-state index is 9.16. The third-order valence-corrected chi connectivity index (χ3v) is 8.18. The van der Waals surface area contributed by atoms with Gasteiger partial charge < -0.3 is 9.53 Å². The first-order chi connectivity index (χ1) is 8.71. The molecule has 1 rings (SSSR count). The zero-order valence-electron chi connectivity index (χ0n) is 12.6. The number of aliphatic hydroxyl groups excluding tert-OH is 1. The third-order valence-electron chi connectivity index (χ3n) is 3.72. The number of hydrogen-bond acceptors (Lipinski definition) is 3. The molecule has 0 spiro atoms. The van der Waals surface area contributed by atoms with Crippen molar-refractivity contribution in [2.24, 2.45) is 0 Å². The number of rotatable bonds is 5. The summed E-state index contributed by atoms with van der Waals surface area (Å²) < 4.78 is 6.31. The van der Waals surface area contributed by atoms with Crippen LogP contribution in [0.5, 0.6) is 0 Å². The Balaban J connectivity index is 2.98. The van der Waals surface area contributed by atoms with Crippen LogP contribution in [0.15, 0.2) is 30.9 Å². The van der Waals surface area contributed by atoms with Crippen LogP contribution in [-0.2, 0) is 11.0 Å². The Labute approximate surface area is 117 Å². The van der Waals surface area contributed by atoms with Crippen LogP contribution in [0.1, 0.15) is 38.3 Å². The van der Waals surface area contributed by atoms with Crippen molar-refractivity contribution in [2.45, 2.75) is 51.6 Å². The average molecular weight is 279 g/mol. The maximum absolute atomic E-state index is 9.16. The summed E-state index contributed by atoms with van der Waals surface area (Å²) in [6, 6.07) is 5.61. The summed E-state index contributed by atoms with van der Waals surface area (Å²) in [5.41, 5.74) is 1.47. The molecule has 0 amide bonds. The standard InChI is InChI=1S/C15H25NO2Si/c1-7-14(18-19(5,6)15(2,3)4)13-10-8-9-12(11-17)16-13/h7-10,14,17H,1,11H2,2-6H3/t14-/m0/s1. The van der Waals surface area contributed by atoms with Crippen LogP contribution in [0.4, 0.5) is 0 Å². The fraction of sp³-hybridized carbons (Fsp3) is 0.533. The van der Waals surface area contributed by atoms with Gasteiger partial charge in [-0.1, -0.05) is 32.9 Å². The minimum atomic E-state index is -1.87. The summed E-state index contributed by atoms with van der Waals surface area (Å²) in [5.74, 6) is 0. The molecule has 0 aromatic carbocycles. The van der Waals surface area contributed by atoms with E-state index in [1.54, 1.807) is 12.1 Å². The highest BCUT2D eigenvalue weighted by molar-refractivity contribution is 6.74. The number of hydrogen-bond donors (Lipinski definition) is 1. The highest BCUT2D eigenvalue weighted by Gasteiger charge is 2.39. The van der Waals surface area contributed by atoms with Gasteiger partial charge in [0.25, 0.3) is 0 Å². The third kappa shape index (κ3) is 3.99. The summed E-state index contributed by atoms with van der Waals surface area (Å²) in [7, 11) is -1.87. The average Bonchev–Trinajstić information content (AvgIpc) is 2.34. The van der Waals surface area contributed by atoms with E-state index < -0.39 is 8.32 Å². The van der Waals surface area contributed by atoms with Gasteiger partial charge in [0.05, 0.1) is 18.0 Å². The van der Waals surface area contributed by atoms with Gasteiger partial charge in [-0.2, -0.15) is 0 Å². The van der Waals surface area contributed by atoms with Gasteiger partial charge in [0.15, 0.2) is 8.32 Å². The molecule has 106 valence electrons. The predicted molar refractivity (Wildman–Crippen MR) is 81.4 cm³/mol. The van der Waals surface area contributed by atoms with Gasteiger partial charge in [-0.05, 0) is 30.3 Å². The Kier molecular flexibility index (Phi) is 5.07. The van der Waals surface area contributed by atoms with Crippen LogP contribution in [0.3, 0.4) is 0 Å². The zero-order valence-corrected chi connectivity index (χ0v) is 13.6. The van der Waals surface area contributed by atoms with Gasteiger partial charge in [-0.3, -0.25) is 4.98 Å². The molecule has 0 aliphatic heterocycles. The summed E-state index contributed by atoms with van der Waals surface area (Å²) in [6.07, 6.45) is 1.57. The molecular weight excluding hydrogens is 254 g/mol. The van der Waals surface area contributed by atoms with E-state index in [1.165, 1.54) is 0 Å². The van der Waals surface area contributed by atoms with Crippen LogP contribution < -0.4 is 0 Å². The van der Waals surface area contributed by atoms with Crippen LogP contribution in [-0.4, -0.2) is 18.4 Å². The maximum Gasteiger partial charge on any atom is 0.193 e. The molecule has 19 heavy (non-hydrogen) atoms. The highest BCUT2D eigenvalue weighted by atomic mass is 28.4. The van der Waals surface area contributed by atoms with Crippen molar-refractivity contribution in [3.05, 3.63) is 42.2 Å². The number of aromatic nitrogens is 1. The molecule has 0 saturated carbocycles. The second-order valence-corrected chi connectivity index (χ2v) is 11.0. The molecule has 3 nitrogen and oxygen atoms in total. The number of pyridine rings is 1. The Morgan fingerprint density at radius 1 is 1.42 bits per heavy atom. The topological polar surface area (TPSA) is 42.4 Å². The molecule has 0 unspecified atom stereocenters. The van der Waals surface area contributed by atoms with E-state index in [4.69, 9.17) is 9.53 Å². The smallest absolute Gasteiger partial charge is 0.193 e. The molecule has 0 fully saturated rings. The summed E-state index contributed by atoms with van der Waals surface area (Å²) in [4.78, 5) is 4.40. The number of aliphatic hydroxyl groups is 1. The summed E-state index contributed by atoms with van der Waals surface area (Å²) in [6.45, 7) is 14.8. The first-order valence-electron chi connectivity index (χ1n) is 6.58. The van der Waals surface area contributed by atoms with E-state index in [0.717, 1.165) is 5.69 Å². The quantitative estimate of drug-likeness (QED) is 0.658. The second kappa shape index (κ2) is 5.99. The Hall–Kier alpha value is -0.973.